The van der Waals surface area contributed by atoms with Crippen molar-refractivity contribution in [3.63, 3.8) is 0 Å². The number of nitrogens with one attached hydrogen (secondary N) is 1. The minimum atomic E-state index is -0.455. The Morgan fingerprint density at radius 1 is 0.443 bits per heavy atom. The van der Waals surface area contributed by atoms with Crippen LogP contribution in [0.5, 0.6) is 0 Å². The second kappa shape index (κ2) is 37.3. The zero-order valence-electron chi connectivity index (χ0n) is 36.6. The first-order valence-electron chi connectivity index (χ1n) is 22.2. The van der Waals surface area contributed by atoms with Crippen molar-refractivity contribution in [3.05, 3.63) is 59.7 Å². The van der Waals surface area contributed by atoms with Crippen molar-refractivity contribution < 1.29 is 66.4 Å². The van der Waals surface area contributed by atoms with Gasteiger partial charge in [0.1, 0.15) is 13.2 Å². The summed E-state index contributed by atoms with van der Waals surface area (Å²) in [5.41, 5.74) is 4.76. The first-order valence-corrected chi connectivity index (χ1v) is 22.2. The largest absolute Gasteiger partial charge is 0.463 e. The molecule has 3 rings (SSSR count). The molecule has 0 aromatic heterocycles. The fraction of sp³-hybridized carbons (Fsp3) is 0.696. The van der Waals surface area contributed by atoms with E-state index >= 15 is 0 Å². The maximum Gasteiger partial charge on any atom is 0.407 e. The molecular weight excluding hydrogens is 790 g/mol. The summed E-state index contributed by atoms with van der Waals surface area (Å²) in [5.74, 6) is -0.115. The first kappa shape index (κ1) is 52.1. The molecule has 0 fully saturated rings. The second-order valence-electron chi connectivity index (χ2n) is 14.1. The molecule has 2 aromatic carbocycles. The van der Waals surface area contributed by atoms with Crippen molar-refractivity contribution in [1.82, 2.24) is 5.32 Å². The van der Waals surface area contributed by atoms with E-state index in [0.717, 1.165) is 12.8 Å². The normalized spacial score (nSPS) is 12.1. The molecule has 15 heteroatoms. The smallest absolute Gasteiger partial charge is 0.407 e. The number of amides is 1. The van der Waals surface area contributed by atoms with Crippen LogP contribution >= 0.6 is 0 Å². The average Bonchev–Trinajstić information content (AvgIpc) is 3.60. The Hall–Kier alpha value is -3.22. The van der Waals surface area contributed by atoms with Gasteiger partial charge in [-0.2, -0.15) is 0 Å². The van der Waals surface area contributed by atoms with Crippen LogP contribution in [0.2, 0.25) is 0 Å². The molecule has 0 aliphatic heterocycles. The zero-order valence-corrected chi connectivity index (χ0v) is 36.6. The van der Waals surface area contributed by atoms with Crippen molar-refractivity contribution in [3.8, 4) is 11.1 Å². The van der Waals surface area contributed by atoms with Gasteiger partial charge in [-0.05, 0) is 28.7 Å². The molecule has 0 spiro atoms. The van der Waals surface area contributed by atoms with Gasteiger partial charge < -0.3 is 62.2 Å². The molecule has 1 aliphatic carbocycles. The van der Waals surface area contributed by atoms with E-state index < -0.39 is 6.09 Å². The molecule has 61 heavy (non-hydrogen) atoms. The van der Waals surface area contributed by atoms with Crippen LogP contribution in [0.4, 0.5) is 4.79 Å². The lowest BCUT2D eigenvalue weighted by molar-refractivity contribution is -0.145. The molecule has 0 saturated carbocycles. The van der Waals surface area contributed by atoms with Gasteiger partial charge in [-0.25, -0.2) is 4.79 Å². The summed E-state index contributed by atoms with van der Waals surface area (Å²) in [6, 6.07) is 16.5. The van der Waals surface area contributed by atoms with E-state index in [1.807, 2.05) is 24.3 Å². The van der Waals surface area contributed by atoms with E-state index in [0.29, 0.717) is 145 Å². The standard InChI is InChI=1S/C46H73NO14/c1-2-3-4-5-6-7-16-45(48)60-38-37-59-36-35-58-34-33-57-32-31-56-30-29-55-28-27-54-26-25-53-24-23-52-22-21-51-20-19-50-18-17-47-46(49)61-39-44-42-14-10-8-12-40(42)41-13-9-11-15-43(41)44/h8-15,44H,2-7,16-39H2,1H3,(H,47,49). The van der Waals surface area contributed by atoms with Crippen LogP contribution in [-0.4, -0.2) is 164 Å². The van der Waals surface area contributed by atoms with Gasteiger partial charge in [0.15, 0.2) is 0 Å². The molecule has 0 radical (unpaired) electrons. The number of hydrogen-bond donors (Lipinski definition) is 1. The van der Waals surface area contributed by atoms with E-state index in [4.69, 9.17) is 56.8 Å². The van der Waals surface area contributed by atoms with Crippen molar-refractivity contribution in [2.75, 3.05) is 152 Å². The van der Waals surface area contributed by atoms with Crippen LogP contribution in [0.25, 0.3) is 11.1 Å². The van der Waals surface area contributed by atoms with Crippen LogP contribution in [0.3, 0.4) is 0 Å². The van der Waals surface area contributed by atoms with Gasteiger partial charge in [0.25, 0.3) is 0 Å². The van der Waals surface area contributed by atoms with Gasteiger partial charge in [-0.15, -0.1) is 0 Å². The molecule has 0 bridgehead atoms. The third-order valence-electron chi connectivity index (χ3n) is 9.43. The lowest BCUT2D eigenvalue weighted by atomic mass is 9.98. The van der Waals surface area contributed by atoms with Crippen LogP contribution < -0.4 is 5.32 Å². The number of rotatable bonds is 42. The lowest BCUT2D eigenvalue weighted by Gasteiger charge is -2.14. The highest BCUT2D eigenvalue weighted by Gasteiger charge is 2.29. The van der Waals surface area contributed by atoms with Crippen molar-refractivity contribution in [2.45, 2.75) is 57.8 Å². The Morgan fingerprint density at radius 3 is 1.23 bits per heavy atom. The molecule has 0 atom stereocenters. The summed E-state index contributed by atoms with van der Waals surface area (Å²) in [5, 5.41) is 2.74. The number of esters is 1. The van der Waals surface area contributed by atoms with Gasteiger partial charge >= 0.3 is 12.1 Å². The molecular formula is C46H73NO14. The number of fused-ring (bicyclic) bond motifs is 3. The first-order chi connectivity index (χ1) is 30.2. The second-order valence-corrected chi connectivity index (χ2v) is 14.1. The quantitative estimate of drug-likeness (QED) is 0.0614. The molecule has 0 unspecified atom stereocenters. The maximum absolute atomic E-state index is 12.3. The summed E-state index contributed by atoms with van der Waals surface area (Å²) in [7, 11) is 0. The fourth-order valence-corrected chi connectivity index (χ4v) is 6.29. The van der Waals surface area contributed by atoms with E-state index in [1.54, 1.807) is 0 Å². The number of hydrogen-bond acceptors (Lipinski definition) is 14. The van der Waals surface area contributed by atoms with Gasteiger partial charge in [0.05, 0.1) is 132 Å². The predicted octanol–water partition coefficient (Wildman–Crippen LogP) is 5.98. The number of alkyl carbamates (subject to hydrolysis) is 1. The Bertz CT molecular complexity index is 1320. The summed E-state index contributed by atoms with van der Waals surface area (Å²) in [6.07, 6.45) is 6.93. The van der Waals surface area contributed by atoms with Crippen molar-refractivity contribution in [2.24, 2.45) is 0 Å². The van der Waals surface area contributed by atoms with Crippen molar-refractivity contribution >= 4 is 12.1 Å². The van der Waals surface area contributed by atoms with Gasteiger partial charge in [-0.3, -0.25) is 4.79 Å². The van der Waals surface area contributed by atoms with Crippen LogP contribution in [0.1, 0.15) is 68.9 Å². The SMILES string of the molecule is CCCCCCCCC(=O)OCCOCCOCCOCCOCCOCCOCCOCCOCCOCCOCCNC(=O)OCC1c2ccccc2-c2ccccc21. The Morgan fingerprint density at radius 2 is 0.803 bits per heavy atom. The molecule has 15 nitrogen and oxygen atoms in total. The van der Waals surface area contributed by atoms with Gasteiger partial charge in [0.2, 0.25) is 0 Å². The number of ether oxygens (including phenoxy) is 12. The number of benzene rings is 2. The van der Waals surface area contributed by atoms with Crippen LogP contribution in [0, 0.1) is 0 Å². The lowest BCUT2D eigenvalue weighted by Crippen LogP contribution is -2.29. The van der Waals surface area contributed by atoms with E-state index in [1.165, 1.54) is 47.9 Å². The monoisotopic (exact) mass is 864 g/mol. The maximum atomic E-state index is 12.3. The molecule has 1 amide bonds. The van der Waals surface area contributed by atoms with Crippen LogP contribution in [0.15, 0.2) is 48.5 Å². The third kappa shape index (κ3) is 26.1. The topological polar surface area (TPSA) is 157 Å². The van der Waals surface area contributed by atoms with Crippen LogP contribution in [-0.2, 0) is 61.6 Å². The Labute approximate surface area is 363 Å². The zero-order chi connectivity index (χ0) is 43.1. The highest BCUT2D eigenvalue weighted by molar-refractivity contribution is 5.79. The predicted molar refractivity (Wildman–Crippen MR) is 230 cm³/mol. The van der Waals surface area contributed by atoms with Crippen molar-refractivity contribution in [1.29, 1.82) is 0 Å². The minimum absolute atomic E-state index is 0.0333. The van der Waals surface area contributed by atoms with E-state index in [9.17, 15) is 9.59 Å². The molecule has 2 aromatic rings. The van der Waals surface area contributed by atoms with E-state index in [2.05, 4.69) is 36.5 Å². The van der Waals surface area contributed by atoms with Gasteiger partial charge in [0, 0.05) is 18.9 Å². The fourth-order valence-electron chi connectivity index (χ4n) is 6.29. The third-order valence-corrected chi connectivity index (χ3v) is 9.43. The molecule has 0 heterocycles. The number of carbonyl (C=O) groups is 2. The highest BCUT2D eigenvalue weighted by atomic mass is 16.6. The highest BCUT2D eigenvalue weighted by Crippen LogP contribution is 2.44. The molecule has 1 aliphatic rings. The molecule has 346 valence electrons. The minimum Gasteiger partial charge on any atom is -0.463 e. The molecule has 1 N–H and O–H groups in total. The number of unbranched alkanes of at least 4 members (excludes halogenated alkanes) is 5. The summed E-state index contributed by atoms with van der Waals surface area (Å²) in [6.45, 7) is 12.3. The summed E-state index contributed by atoms with van der Waals surface area (Å²) < 4.78 is 65.7. The average molecular weight is 864 g/mol. The Kier molecular flexibility index (Phi) is 31.9. The Balaban J connectivity index is 0.925. The molecule has 0 saturated heterocycles. The summed E-state index contributed by atoms with van der Waals surface area (Å²) in [4.78, 5) is 24.0. The van der Waals surface area contributed by atoms with E-state index in [-0.39, 0.29) is 25.1 Å². The summed E-state index contributed by atoms with van der Waals surface area (Å²) >= 11 is 0. The number of carbonyl (C=O) groups excluding carboxylic acids is 2. The van der Waals surface area contributed by atoms with Gasteiger partial charge in [-0.1, -0.05) is 87.6 Å².